The molecule has 0 saturated heterocycles. The van der Waals surface area contributed by atoms with E-state index in [1.807, 2.05) is 0 Å². The Morgan fingerprint density at radius 2 is 1.91 bits per heavy atom. The zero-order chi connectivity index (χ0) is 15.5. The molecule has 0 radical (unpaired) electrons. The van der Waals surface area contributed by atoms with Crippen molar-refractivity contribution in [2.24, 2.45) is 4.99 Å². The maximum absolute atomic E-state index is 4.62. The molecule has 1 N–H and O–H groups in total. The van der Waals surface area contributed by atoms with Gasteiger partial charge in [0, 0.05) is 25.8 Å². The normalized spacial score (nSPS) is 14.5. The molecule has 1 aliphatic heterocycles. The number of rotatable bonds is 4. The third-order valence-electron chi connectivity index (χ3n) is 4.47. The van der Waals surface area contributed by atoms with Crippen molar-refractivity contribution in [3.63, 3.8) is 0 Å². The van der Waals surface area contributed by atoms with Crippen LogP contribution in [0.3, 0.4) is 0 Å². The smallest absolute Gasteiger partial charge is 0.145 e. The Balaban J connectivity index is 1.58. The van der Waals surface area contributed by atoms with Crippen molar-refractivity contribution in [2.75, 3.05) is 13.1 Å². The van der Waals surface area contributed by atoms with Crippen LogP contribution in [-0.2, 0) is 13.0 Å². The van der Waals surface area contributed by atoms with Crippen LogP contribution < -0.4 is 5.32 Å². The van der Waals surface area contributed by atoms with Crippen LogP contribution in [0.2, 0.25) is 0 Å². The predicted molar refractivity (Wildman–Crippen MR) is 96.1 cm³/mol. The fraction of sp³-hybridized carbons (Fsp3) is 0.250. The molecule has 4 rings (SSSR count). The van der Waals surface area contributed by atoms with Crippen molar-refractivity contribution >= 4 is 16.6 Å². The Morgan fingerprint density at radius 3 is 2.83 bits per heavy atom. The summed E-state index contributed by atoms with van der Waals surface area (Å²) in [6, 6.07) is 19.5. The number of hydrogen-bond donors (Lipinski definition) is 1. The van der Waals surface area contributed by atoms with Gasteiger partial charge in [0.1, 0.15) is 5.84 Å². The van der Waals surface area contributed by atoms with E-state index in [0.717, 1.165) is 38.3 Å². The maximum atomic E-state index is 4.62. The highest BCUT2D eigenvalue weighted by Gasteiger charge is 2.11. The van der Waals surface area contributed by atoms with Crippen LogP contribution in [0.15, 0.2) is 65.8 Å². The van der Waals surface area contributed by atoms with E-state index in [1.54, 1.807) is 0 Å². The minimum absolute atomic E-state index is 0.927. The molecule has 0 bridgehead atoms. The van der Waals surface area contributed by atoms with Crippen molar-refractivity contribution in [1.82, 2.24) is 9.88 Å². The van der Waals surface area contributed by atoms with Gasteiger partial charge in [0.15, 0.2) is 0 Å². The van der Waals surface area contributed by atoms with Gasteiger partial charge in [-0.1, -0.05) is 42.5 Å². The van der Waals surface area contributed by atoms with Gasteiger partial charge in [-0.05, 0) is 41.3 Å². The minimum Gasteiger partial charge on any atom is -0.369 e. The van der Waals surface area contributed by atoms with Gasteiger partial charge < -0.3 is 9.88 Å². The highest BCUT2D eigenvalue weighted by Crippen LogP contribution is 2.19. The van der Waals surface area contributed by atoms with Crippen molar-refractivity contribution in [3.8, 4) is 0 Å². The fourth-order valence-electron chi connectivity index (χ4n) is 3.28. The molecule has 0 aliphatic carbocycles. The van der Waals surface area contributed by atoms with E-state index < -0.39 is 0 Å². The van der Waals surface area contributed by atoms with Gasteiger partial charge in [0.05, 0.1) is 5.69 Å². The van der Waals surface area contributed by atoms with E-state index >= 15 is 0 Å². The van der Waals surface area contributed by atoms with Crippen molar-refractivity contribution < 1.29 is 0 Å². The molecule has 1 aromatic heterocycles. The Hall–Kier alpha value is -2.55. The van der Waals surface area contributed by atoms with Crippen LogP contribution in [0.4, 0.5) is 0 Å². The summed E-state index contributed by atoms with van der Waals surface area (Å²) in [7, 11) is 0. The largest absolute Gasteiger partial charge is 0.369 e. The monoisotopic (exact) mass is 303 g/mol. The van der Waals surface area contributed by atoms with Crippen LogP contribution in [0.25, 0.3) is 10.8 Å². The summed E-state index contributed by atoms with van der Waals surface area (Å²) in [5.74, 6) is 1.04. The fourth-order valence-corrected chi connectivity index (χ4v) is 3.28. The number of aliphatic imine (C=N–C) groups is 1. The van der Waals surface area contributed by atoms with Crippen molar-refractivity contribution in [1.29, 1.82) is 0 Å². The molecule has 0 fully saturated rings. The van der Waals surface area contributed by atoms with E-state index in [4.69, 9.17) is 0 Å². The molecule has 0 saturated carbocycles. The minimum atomic E-state index is 0.927. The van der Waals surface area contributed by atoms with Crippen LogP contribution in [0.1, 0.15) is 17.7 Å². The van der Waals surface area contributed by atoms with Crippen LogP contribution in [0.5, 0.6) is 0 Å². The molecule has 116 valence electrons. The van der Waals surface area contributed by atoms with Gasteiger partial charge in [0.2, 0.25) is 0 Å². The van der Waals surface area contributed by atoms with Crippen LogP contribution >= 0.6 is 0 Å². The molecule has 3 aromatic rings. The molecule has 3 heteroatoms. The van der Waals surface area contributed by atoms with Gasteiger partial charge in [-0.25, -0.2) is 0 Å². The standard InChI is InChI=1S/C20H21N3/c1-2-9-18-16(6-1)7-3-8-17(18)11-15-23-14-4-10-19(23)20-21-12-5-13-22-20/h1-4,6-10,14H,5,11-13,15H2,(H,21,22). The number of nitrogens with one attached hydrogen (secondary N) is 1. The molecule has 3 nitrogen and oxygen atoms in total. The van der Waals surface area contributed by atoms with Gasteiger partial charge >= 0.3 is 0 Å². The first-order valence-electron chi connectivity index (χ1n) is 8.32. The maximum Gasteiger partial charge on any atom is 0.145 e. The van der Waals surface area contributed by atoms with Crippen LogP contribution in [0, 0.1) is 0 Å². The molecule has 0 atom stereocenters. The van der Waals surface area contributed by atoms with E-state index in [2.05, 4.69) is 75.7 Å². The summed E-state index contributed by atoms with van der Waals surface area (Å²) < 4.78 is 2.30. The highest BCUT2D eigenvalue weighted by atomic mass is 15.1. The second-order valence-corrected chi connectivity index (χ2v) is 5.99. The number of hydrogen-bond acceptors (Lipinski definition) is 2. The second-order valence-electron chi connectivity index (χ2n) is 5.99. The molecule has 0 spiro atoms. The second kappa shape index (κ2) is 6.29. The quantitative estimate of drug-likeness (QED) is 0.783. The Morgan fingerprint density at radius 1 is 1.00 bits per heavy atom. The lowest BCUT2D eigenvalue weighted by Gasteiger charge is -2.17. The molecule has 23 heavy (non-hydrogen) atoms. The number of aromatic nitrogens is 1. The number of aryl methyl sites for hydroxylation is 2. The Kier molecular flexibility index (Phi) is 3.85. The molecule has 2 heterocycles. The summed E-state index contributed by atoms with van der Waals surface area (Å²) in [6.07, 6.45) is 4.30. The average Bonchev–Trinajstić information content (AvgIpc) is 3.09. The molecular weight excluding hydrogens is 282 g/mol. The van der Waals surface area contributed by atoms with E-state index in [1.165, 1.54) is 22.0 Å². The SMILES string of the molecule is c1ccc2c(CCn3cccc3C3=NCCCN3)cccc2c1. The van der Waals surface area contributed by atoms with Gasteiger partial charge in [0.25, 0.3) is 0 Å². The summed E-state index contributed by atoms with van der Waals surface area (Å²) in [5, 5.41) is 6.09. The zero-order valence-electron chi connectivity index (χ0n) is 13.2. The van der Waals surface area contributed by atoms with E-state index in [0.29, 0.717) is 0 Å². The lowest BCUT2D eigenvalue weighted by molar-refractivity contribution is 0.682. The first-order chi connectivity index (χ1) is 11.4. The molecule has 0 amide bonds. The summed E-state index contributed by atoms with van der Waals surface area (Å²) >= 11 is 0. The molecule has 1 aliphatic rings. The molecular formula is C20H21N3. The number of benzene rings is 2. The summed E-state index contributed by atoms with van der Waals surface area (Å²) in [6.45, 7) is 2.92. The molecule has 0 unspecified atom stereocenters. The Bertz CT molecular complexity index is 839. The van der Waals surface area contributed by atoms with Crippen LogP contribution in [-0.4, -0.2) is 23.5 Å². The number of nitrogens with zero attached hydrogens (tertiary/aromatic N) is 2. The third kappa shape index (κ3) is 2.87. The summed E-state index contributed by atoms with van der Waals surface area (Å²) in [4.78, 5) is 4.62. The van der Waals surface area contributed by atoms with Crippen molar-refractivity contribution in [2.45, 2.75) is 19.4 Å². The summed E-state index contributed by atoms with van der Waals surface area (Å²) in [5.41, 5.74) is 2.60. The first kappa shape index (κ1) is 14.1. The zero-order valence-corrected chi connectivity index (χ0v) is 13.2. The highest BCUT2D eigenvalue weighted by molar-refractivity contribution is 5.97. The topological polar surface area (TPSA) is 29.3 Å². The van der Waals surface area contributed by atoms with E-state index in [-0.39, 0.29) is 0 Å². The third-order valence-corrected chi connectivity index (χ3v) is 4.47. The van der Waals surface area contributed by atoms with E-state index in [9.17, 15) is 0 Å². The van der Waals surface area contributed by atoms with Crippen molar-refractivity contribution in [3.05, 3.63) is 72.1 Å². The number of fused-ring (bicyclic) bond motifs is 1. The van der Waals surface area contributed by atoms with Gasteiger partial charge in [-0.15, -0.1) is 0 Å². The lowest BCUT2D eigenvalue weighted by Crippen LogP contribution is -2.32. The van der Waals surface area contributed by atoms with Gasteiger partial charge in [-0.3, -0.25) is 4.99 Å². The Labute approximate surface area is 136 Å². The number of amidine groups is 1. The molecule has 2 aromatic carbocycles. The predicted octanol–water partition coefficient (Wildman–Crippen LogP) is 3.62. The van der Waals surface area contributed by atoms with Gasteiger partial charge in [-0.2, -0.15) is 0 Å². The first-order valence-corrected chi connectivity index (χ1v) is 8.32. The lowest BCUT2D eigenvalue weighted by atomic mass is 10.0. The average molecular weight is 303 g/mol.